The van der Waals surface area contributed by atoms with Crippen LogP contribution in [0.25, 0.3) is 22.5 Å². The molecule has 5 rings (SSSR count). The lowest BCUT2D eigenvalue weighted by molar-refractivity contribution is 0.238. The number of nitrogens with zero attached hydrogens (tertiary/aromatic N) is 2. The van der Waals surface area contributed by atoms with Crippen LogP contribution in [0.1, 0.15) is 42.5 Å². The van der Waals surface area contributed by atoms with Gasteiger partial charge in [-0.1, -0.05) is 78.9 Å². The van der Waals surface area contributed by atoms with Gasteiger partial charge >= 0.3 is 0 Å². The summed E-state index contributed by atoms with van der Waals surface area (Å²) < 4.78 is 14.5. The third kappa shape index (κ3) is 7.24. The summed E-state index contributed by atoms with van der Waals surface area (Å²) in [5, 5.41) is 14.2. The number of benzene rings is 4. The summed E-state index contributed by atoms with van der Waals surface area (Å²) in [6.07, 6.45) is 1.67. The van der Waals surface area contributed by atoms with E-state index in [0.717, 1.165) is 58.0 Å². The van der Waals surface area contributed by atoms with Crippen molar-refractivity contribution in [2.24, 2.45) is 0 Å². The minimum absolute atomic E-state index is 0.0325. The van der Waals surface area contributed by atoms with Crippen molar-refractivity contribution in [2.45, 2.75) is 52.9 Å². The Kier molecular flexibility index (Phi) is 9.17. The second-order valence-corrected chi connectivity index (χ2v) is 10.6. The highest BCUT2D eigenvalue weighted by atomic mass is 16.5. The average molecular weight is 547 g/mol. The lowest BCUT2D eigenvalue weighted by Crippen LogP contribution is -2.11. The van der Waals surface area contributed by atoms with Gasteiger partial charge in [0.05, 0.1) is 24.0 Å². The van der Waals surface area contributed by atoms with E-state index in [1.54, 1.807) is 0 Å². The number of aliphatic hydroxyl groups excluding tert-OH is 1. The summed E-state index contributed by atoms with van der Waals surface area (Å²) >= 11 is 0. The van der Waals surface area contributed by atoms with Crippen molar-refractivity contribution in [1.82, 2.24) is 9.78 Å². The van der Waals surface area contributed by atoms with Gasteiger partial charge in [-0.15, -0.1) is 0 Å². The fourth-order valence-electron chi connectivity index (χ4n) is 4.95. The van der Waals surface area contributed by atoms with Crippen LogP contribution in [-0.2, 0) is 19.6 Å². The molecule has 0 unspecified atom stereocenters. The van der Waals surface area contributed by atoms with Crippen LogP contribution in [0.15, 0.2) is 103 Å². The van der Waals surface area contributed by atoms with Gasteiger partial charge in [0.25, 0.3) is 0 Å². The Bertz CT molecular complexity index is 1560. The predicted octanol–water partition coefficient (Wildman–Crippen LogP) is 7.86. The van der Waals surface area contributed by atoms with E-state index in [0.29, 0.717) is 13.2 Å². The van der Waals surface area contributed by atoms with E-state index in [1.165, 1.54) is 11.1 Å². The molecule has 0 bridgehead atoms. The van der Waals surface area contributed by atoms with E-state index in [2.05, 4.69) is 84.4 Å². The average Bonchev–Trinajstić information content (AvgIpc) is 3.41. The molecule has 1 aromatic heterocycles. The molecule has 0 aliphatic heterocycles. The van der Waals surface area contributed by atoms with Crippen molar-refractivity contribution in [1.29, 1.82) is 0 Å². The standard InChI is InChI=1S/C36H38N2O3/c1-26(2)41-36-22-28(25-40-33-19-18-29(15-10-20-39)27(3)21-33)16-17-32(36)24-38-35(31-13-8-5-9-14-31)23-34(37-38)30-11-6-4-7-12-30/h4-9,11-14,16-19,21-23,26,39H,10,15,20,24-25H2,1-3H3. The van der Waals surface area contributed by atoms with Crippen LogP contribution in [0, 0.1) is 6.92 Å². The van der Waals surface area contributed by atoms with Crippen molar-refractivity contribution in [3.63, 3.8) is 0 Å². The second-order valence-electron chi connectivity index (χ2n) is 10.6. The molecular weight excluding hydrogens is 508 g/mol. The molecule has 41 heavy (non-hydrogen) atoms. The fourth-order valence-corrected chi connectivity index (χ4v) is 4.95. The third-order valence-electron chi connectivity index (χ3n) is 7.06. The molecule has 0 saturated carbocycles. The summed E-state index contributed by atoms with van der Waals surface area (Å²) in [7, 11) is 0. The molecule has 5 nitrogen and oxygen atoms in total. The lowest BCUT2D eigenvalue weighted by atomic mass is 10.0. The first-order chi connectivity index (χ1) is 20.0. The van der Waals surface area contributed by atoms with Crippen molar-refractivity contribution in [2.75, 3.05) is 6.61 Å². The molecule has 0 spiro atoms. The number of aryl methyl sites for hydroxylation is 2. The Balaban J connectivity index is 1.40. The van der Waals surface area contributed by atoms with Gasteiger partial charge in [-0.25, -0.2) is 0 Å². The molecule has 5 heteroatoms. The largest absolute Gasteiger partial charge is 0.491 e. The number of rotatable bonds is 12. The first kappa shape index (κ1) is 28.2. The van der Waals surface area contributed by atoms with Crippen LogP contribution in [0.4, 0.5) is 0 Å². The number of hydrogen-bond donors (Lipinski definition) is 1. The molecule has 210 valence electrons. The summed E-state index contributed by atoms with van der Waals surface area (Å²) in [4.78, 5) is 0. The fraction of sp³-hybridized carbons (Fsp3) is 0.250. The first-order valence-corrected chi connectivity index (χ1v) is 14.3. The van der Waals surface area contributed by atoms with E-state index in [9.17, 15) is 0 Å². The zero-order valence-electron chi connectivity index (χ0n) is 24.1. The minimum Gasteiger partial charge on any atom is -0.491 e. The monoisotopic (exact) mass is 546 g/mol. The van der Waals surface area contributed by atoms with Gasteiger partial charge in [0.15, 0.2) is 0 Å². The maximum atomic E-state index is 9.14. The summed E-state index contributed by atoms with van der Waals surface area (Å²) in [5.41, 5.74) is 8.74. The summed E-state index contributed by atoms with van der Waals surface area (Å²) in [5.74, 6) is 1.68. The number of hydrogen-bond acceptors (Lipinski definition) is 4. The van der Waals surface area contributed by atoms with E-state index in [4.69, 9.17) is 19.7 Å². The topological polar surface area (TPSA) is 56.5 Å². The van der Waals surface area contributed by atoms with E-state index in [1.807, 2.05) is 44.2 Å². The van der Waals surface area contributed by atoms with Crippen molar-refractivity contribution in [3.8, 4) is 34.0 Å². The summed E-state index contributed by atoms with van der Waals surface area (Å²) in [6, 6.07) is 35.3. The first-order valence-electron chi connectivity index (χ1n) is 14.3. The van der Waals surface area contributed by atoms with Gasteiger partial charge in [0, 0.05) is 17.7 Å². The van der Waals surface area contributed by atoms with Crippen LogP contribution in [-0.4, -0.2) is 27.6 Å². The Morgan fingerprint density at radius 3 is 2.20 bits per heavy atom. The Morgan fingerprint density at radius 1 is 0.805 bits per heavy atom. The molecule has 0 atom stereocenters. The molecule has 0 fully saturated rings. The molecule has 1 heterocycles. The smallest absolute Gasteiger partial charge is 0.125 e. The van der Waals surface area contributed by atoms with Crippen LogP contribution in [0.2, 0.25) is 0 Å². The zero-order valence-corrected chi connectivity index (χ0v) is 24.1. The van der Waals surface area contributed by atoms with E-state index < -0.39 is 0 Å². The van der Waals surface area contributed by atoms with Gasteiger partial charge in [0.2, 0.25) is 0 Å². The van der Waals surface area contributed by atoms with Crippen molar-refractivity contribution < 1.29 is 14.6 Å². The van der Waals surface area contributed by atoms with E-state index >= 15 is 0 Å². The molecule has 0 aliphatic rings. The number of aromatic nitrogens is 2. The Morgan fingerprint density at radius 2 is 1.51 bits per heavy atom. The molecule has 0 aliphatic carbocycles. The molecule has 0 amide bonds. The highest BCUT2D eigenvalue weighted by molar-refractivity contribution is 5.68. The van der Waals surface area contributed by atoms with Gasteiger partial charge in [-0.05, 0) is 80.1 Å². The van der Waals surface area contributed by atoms with Gasteiger partial charge in [-0.2, -0.15) is 5.10 Å². The zero-order chi connectivity index (χ0) is 28.6. The van der Waals surface area contributed by atoms with Crippen molar-refractivity contribution >= 4 is 0 Å². The highest BCUT2D eigenvalue weighted by Crippen LogP contribution is 2.30. The van der Waals surface area contributed by atoms with Crippen LogP contribution >= 0.6 is 0 Å². The molecule has 0 saturated heterocycles. The predicted molar refractivity (Wildman–Crippen MR) is 165 cm³/mol. The van der Waals surface area contributed by atoms with Crippen molar-refractivity contribution in [3.05, 3.63) is 125 Å². The summed E-state index contributed by atoms with van der Waals surface area (Å²) in [6.45, 7) is 7.41. The Hall–Kier alpha value is -4.35. The molecule has 1 N–H and O–H groups in total. The maximum Gasteiger partial charge on any atom is 0.125 e. The quantitative estimate of drug-likeness (QED) is 0.173. The number of aliphatic hydroxyl groups is 1. The van der Waals surface area contributed by atoms with Crippen LogP contribution in [0.5, 0.6) is 11.5 Å². The lowest BCUT2D eigenvalue weighted by Gasteiger charge is -2.17. The highest BCUT2D eigenvalue weighted by Gasteiger charge is 2.15. The molecule has 4 aromatic carbocycles. The molecule has 5 aromatic rings. The number of ether oxygens (including phenoxy) is 2. The second kappa shape index (κ2) is 13.3. The van der Waals surface area contributed by atoms with Gasteiger partial charge in [0.1, 0.15) is 18.1 Å². The van der Waals surface area contributed by atoms with E-state index in [-0.39, 0.29) is 12.7 Å². The maximum absolute atomic E-state index is 9.14. The third-order valence-corrected chi connectivity index (χ3v) is 7.06. The molecular formula is C36H38N2O3. The normalized spacial score (nSPS) is 11.1. The SMILES string of the molecule is Cc1cc(OCc2ccc(Cn3nc(-c4ccccc4)cc3-c3ccccc3)c(OC(C)C)c2)ccc1CCCO. The van der Waals surface area contributed by atoms with Crippen LogP contribution in [0.3, 0.4) is 0 Å². The molecule has 0 radical (unpaired) electrons. The van der Waals surface area contributed by atoms with Gasteiger partial charge < -0.3 is 14.6 Å². The van der Waals surface area contributed by atoms with Crippen LogP contribution < -0.4 is 9.47 Å². The Labute approximate surface area is 243 Å². The van der Waals surface area contributed by atoms with Gasteiger partial charge in [-0.3, -0.25) is 4.68 Å². The minimum atomic E-state index is 0.0325.